The van der Waals surface area contributed by atoms with Gasteiger partial charge in [0.15, 0.2) is 0 Å². The Labute approximate surface area is 79.7 Å². The van der Waals surface area contributed by atoms with E-state index < -0.39 is 0 Å². The van der Waals surface area contributed by atoms with Crippen molar-refractivity contribution in [2.45, 2.75) is 52.0 Å². The predicted octanol–water partition coefficient (Wildman–Crippen LogP) is 2.87. The summed E-state index contributed by atoms with van der Waals surface area (Å²) in [5, 5.41) is 10.8. The lowest BCUT2D eigenvalue weighted by atomic mass is 9.76. The Morgan fingerprint density at radius 1 is 1.46 bits per heavy atom. The van der Waals surface area contributed by atoms with E-state index in [4.69, 9.17) is 0 Å². The summed E-state index contributed by atoms with van der Waals surface area (Å²) >= 11 is 0. The van der Waals surface area contributed by atoms with Gasteiger partial charge in [0.25, 0.3) is 0 Å². The molecule has 3 nitrogen and oxygen atoms in total. The minimum absolute atomic E-state index is 0.0595. The molecule has 0 aromatic rings. The van der Waals surface area contributed by atoms with Crippen LogP contribution in [0.5, 0.6) is 0 Å². The quantitative estimate of drug-likeness (QED) is 0.501. The van der Waals surface area contributed by atoms with Crippen molar-refractivity contribution in [1.82, 2.24) is 0 Å². The van der Waals surface area contributed by atoms with Crippen molar-refractivity contribution in [3.63, 3.8) is 0 Å². The zero-order valence-electron chi connectivity index (χ0n) is 8.53. The van der Waals surface area contributed by atoms with Crippen molar-refractivity contribution in [1.29, 1.82) is 0 Å². The normalized spacial score (nSPS) is 31.2. The van der Waals surface area contributed by atoms with Gasteiger partial charge in [-0.05, 0) is 18.8 Å². The highest BCUT2D eigenvalue weighted by atomic mass is 16.6. The molecule has 0 spiro atoms. The van der Waals surface area contributed by atoms with Crippen LogP contribution in [0.1, 0.15) is 46.0 Å². The highest BCUT2D eigenvalue weighted by Crippen LogP contribution is 2.33. The van der Waals surface area contributed by atoms with Gasteiger partial charge in [0.05, 0.1) is 0 Å². The average molecular weight is 185 g/mol. The van der Waals surface area contributed by atoms with E-state index in [1.807, 2.05) is 0 Å². The topological polar surface area (TPSA) is 43.1 Å². The van der Waals surface area contributed by atoms with Crippen molar-refractivity contribution >= 4 is 0 Å². The molecule has 0 radical (unpaired) electrons. The van der Waals surface area contributed by atoms with Crippen LogP contribution < -0.4 is 0 Å². The maximum absolute atomic E-state index is 10.8. The van der Waals surface area contributed by atoms with E-state index in [2.05, 4.69) is 13.8 Å². The second-order valence-electron chi connectivity index (χ2n) is 4.19. The summed E-state index contributed by atoms with van der Waals surface area (Å²) in [6.45, 7) is 4.27. The molecule has 0 bridgehead atoms. The smallest absolute Gasteiger partial charge is 0.216 e. The standard InChI is InChI=1S/C10H19NO2/c1-3-8(2)9-6-4-5-7-10(9)11(12)13/h8-10H,3-7H2,1-2H3. The average Bonchev–Trinajstić information content (AvgIpc) is 2.16. The van der Waals surface area contributed by atoms with Gasteiger partial charge in [0.2, 0.25) is 6.04 Å². The van der Waals surface area contributed by atoms with Gasteiger partial charge >= 0.3 is 0 Å². The third kappa shape index (κ3) is 2.42. The highest BCUT2D eigenvalue weighted by molar-refractivity contribution is 4.78. The summed E-state index contributed by atoms with van der Waals surface area (Å²) in [4.78, 5) is 10.7. The molecular formula is C10H19NO2. The number of hydrogen-bond acceptors (Lipinski definition) is 2. The van der Waals surface area contributed by atoms with Gasteiger partial charge in [-0.25, -0.2) is 0 Å². The predicted molar refractivity (Wildman–Crippen MR) is 52.2 cm³/mol. The number of nitro groups is 1. The molecule has 3 unspecified atom stereocenters. The summed E-state index contributed by atoms with van der Waals surface area (Å²) < 4.78 is 0. The lowest BCUT2D eigenvalue weighted by molar-refractivity contribution is -0.537. The molecule has 76 valence electrons. The molecule has 1 aliphatic rings. The van der Waals surface area contributed by atoms with Gasteiger partial charge in [0, 0.05) is 17.3 Å². The van der Waals surface area contributed by atoms with E-state index in [0.717, 1.165) is 25.7 Å². The van der Waals surface area contributed by atoms with Gasteiger partial charge < -0.3 is 0 Å². The minimum Gasteiger partial charge on any atom is -0.264 e. The molecule has 0 heterocycles. The summed E-state index contributed by atoms with van der Waals surface area (Å²) in [7, 11) is 0. The summed E-state index contributed by atoms with van der Waals surface area (Å²) in [6.07, 6.45) is 5.13. The minimum atomic E-state index is -0.260. The zero-order chi connectivity index (χ0) is 9.84. The second kappa shape index (κ2) is 4.58. The van der Waals surface area contributed by atoms with E-state index in [0.29, 0.717) is 11.8 Å². The molecule has 1 saturated carbocycles. The molecule has 3 atom stereocenters. The van der Waals surface area contributed by atoms with Crippen molar-refractivity contribution in [2.75, 3.05) is 0 Å². The van der Waals surface area contributed by atoms with E-state index >= 15 is 0 Å². The van der Waals surface area contributed by atoms with Crippen LogP contribution in [-0.2, 0) is 0 Å². The monoisotopic (exact) mass is 185 g/mol. The van der Waals surface area contributed by atoms with Crippen LogP contribution in [0.2, 0.25) is 0 Å². The molecule has 1 fully saturated rings. The van der Waals surface area contributed by atoms with Crippen LogP contribution >= 0.6 is 0 Å². The molecule has 0 saturated heterocycles. The Kier molecular flexibility index (Phi) is 3.70. The Hall–Kier alpha value is -0.600. The first-order valence-electron chi connectivity index (χ1n) is 5.30. The summed E-state index contributed by atoms with van der Waals surface area (Å²) in [5.74, 6) is 0.837. The van der Waals surface area contributed by atoms with E-state index in [1.165, 1.54) is 6.42 Å². The van der Waals surface area contributed by atoms with Crippen molar-refractivity contribution in [2.24, 2.45) is 11.8 Å². The molecule has 1 aliphatic carbocycles. The van der Waals surface area contributed by atoms with E-state index in [-0.39, 0.29) is 11.0 Å². The van der Waals surface area contributed by atoms with Crippen LogP contribution in [0, 0.1) is 22.0 Å². The maximum Gasteiger partial charge on any atom is 0.216 e. The fourth-order valence-electron chi connectivity index (χ4n) is 2.37. The molecule has 0 aromatic carbocycles. The van der Waals surface area contributed by atoms with Crippen molar-refractivity contribution < 1.29 is 4.92 Å². The molecule has 0 aliphatic heterocycles. The largest absolute Gasteiger partial charge is 0.264 e. The number of hydrogen-bond donors (Lipinski definition) is 0. The zero-order valence-corrected chi connectivity index (χ0v) is 8.53. The van der Waals surface area contributed by atoms with Gasteiger partial charge in [-0.1, -0.05) is 26.7 Å². The second-order valence-corrected chi connectivity index (χ2v) is 4.19. The third-order valence-electron chi connectivity index (χ3n) is 3.43. The third-order valence-corrected chi connectivity index (χ3v) is 3.43. The Morgan fingerprint density at radius 2 is 2.08 bits per heavy atom. The van der Waals surface area contributed by atoms with Crippen molar-refractivity contribution in [3.05, 3.63) is 10.1 Å². The van der Waals surface area contributed by atoms with Gasteiger partial charge in [-0.3, -0.25) is 10.1 Å². The Bertz CT molecular complexity index is 182. The van der Waals surface area contributed by atoms with Gasteiger partial charge in [0.1, 0.15) is 0 Å². The van der Waals surface area contributed by atoms with Crippen LogP contribution in [0.3, 0.4) is 0 Å². The SMILES string of the molecule is CCC(C)C1CCCCC1[N+](=O)[O-]. The summed E-state index contributed by atoms with van der Waals surface area (Å²) in [5.41, 5.74) is 0. The number of rotatable bonds is 3. The van der Waals surface area contributed by atoms with Crippen LogP contribution in [0.4, 0.5) is 0 Å². The fourth-order valence-corrected chi connectivity index (χ4v) is 2.37. The molecular weight excluding hydrogens is 166 g/mol. The van der Waals surface area contributed by atoms with Crippen LogP contribution in [0.15, 0.2) is 0 Å². The van der Waals surface area contributed by atoms with E-state index in [1.54, 1.807) is 0 Å². The van der Waals surface area contributed by atoms with Crippen LogP contribution in [0.25, 0.3) is 0 Å². The first-order valence-corrected chi connectivity index (χ1v) is 5.30. The molecule has 3 heteroatoms. The highest BCUT2D eigenvalue weighted by Gasteiger charge is 2.36. The lowest BCUT2D eigenvalue weighted by Crippen LogP contribution is -2.35. The Balaban J connectivity index is 2.61. The molecule has 0 N–H and O–H groups in total. The first-order chi connectivity index (χ1) is 6.16. The summed E-state index contributed by atoms with van der Waals surface area (Å²) in [6, 6.07) is -0.260. The number of nitrogens with zero attached hydrogens (tertiary/aromatic N) is 1. The van der Waals surface area contributed by atoms with Crippen LogP contribution in [-0.4, -0.2) is 11.0 Å². The van der Waals surface area contributed by atoms with Gasteiger partial charge in [-0.15, -0.1) is 0 Å². The molecule has 0 amide bonds. The van der Waals surface area contributed by atoms with E-state index in [9.17, 15) is 10.1 Å². The first kappa shape index (κ1) is 10.5. The van der Waals surface area contributed by atoms with Gasteiger partial charge in [-0.2, -0.15) is 0 Å². The molecule has 0 aromatic heterocycles. The Morgan fingerprint density at radius 3 is 2.62 bits per heavy atom. The maximum atomic E-state index is 10.8. The van der Waals surface area contributed by atoms with Crippen molar-refractivity contribution in [3.8, 4) is 0 Å². The lowest BCUT2D eigenvalue weighted by Gasteiger charge is -2.29. The molecule has 1 rings (SSSR count). The fraction of sp³-hybridized carbons (Fsp3) is 1.00. The molecule has 13 heavy (non-hydrogen) atoms.